The normalized spacial score (nSPS) is 13.4. The second-order valence-electron chi connectivity index (χ2n) is 6.62. The molecule has 0 aromatic heterocycles. The smallest absolute Gasteiger partial charge is 0.352 e. The third-order valence-corrected chi connectivity index (χ3v) is 4.54. The lowest BCUT2D eigenvalue weighted by Crippen LogP contribution is -2.49. The molecule has 0 unspecified atom stereocenters. The maximum absolute atomic E-state index is 12.1. The van der Waals surface area contributed by atoms with Crippen molar-refractivity contribution in [2.75, 3.05) is 12.1 Å². The topological polar surface area (TPSA) is 105 Å². The van der Waals surface area contributed by atoms with Crippen LogP contribution >= 0.6 is 0 Å². The van der Waals surface area contributed by atoms with Gasteiger partial charge in [-0.3, -0.25) is 5.01 Å². The molecule has 3 rings (SSSR count). The first kappa shape index (κ1) is 18.0. The van der Waals surface area contributed by atoms with Gasteiger partial charge in [0.15, 0.2) is 0 Å². The largest absolute Gasteiger partial charge is 0.508 e. The van der Waals surface area contributed by atoms with Gasteiger partial charge in [0, 0.05) is 18.2 Å². The van der Waals surface area contributed by atoms with E-state index in [2.05, 4.69) is 0 Å². The van der Waals surface area contributed by atoms with Crippen LogP contribution in [-0.4, -0.2) is 23.2 Å². The van der Waals surface area contributed by atoms with Gasteiger partial charge < -0.3 is 9.84 Å². The molecule has 0 aliphatic heterocycles. The minimum atomic E-state index is -0.528. The molecule has 0 heterocycles. The summed E-state index contributed by atoms with van der Waals surface area (Å²) in [5, 5.41) is 11.7. The molecule has 1 aliphatic rings. The number of anilines is 1. The van der Waals surface area contributed by atoms with Crippen molar-refractivity contribution in [1.82, 2.24) is 5.01 Å². The zero-order valence-corrected chi connectivity index (χ0v) is 15.0. The number of amides is 2. The Bertz CT molecular complexity index is 818. The molecule has 1 fully saturated rings. The summed E-state index contributed by atoms with van der Waals surface area (Å²) in [6.07, 6.45) is 2.20. The fraction of sp³-hybridized carbons (Fsp3) is 0.316. The molecule has 0 saturated heterocycles. The van der Waals surface area contributed by atoms with Gasteiger partial charge in [-0.15, -0.1) is 0 Å². The molecule has 5 N–H and O–H groups in total. The summed E-state index contributed by atoms with van der Waals surface area (Å²) in [5.74, 6) is 12.9. The van der Waals surface area contributed by atoms with Crippen LogP contribution in [0.4, 0.5) is 10.5 Å². The molecule has 0 spiro atoms. The number of hydrogen-bond donors (Lipinski definition) is 3. The number of benzene rings is 2. The van der Waals surface area contributed by atoms with Crippen LogP contribution in [0.2, 0.25) is 0 Å². The summed E-state index contributed by atoms with van der Waals surface area (Å²) in [7, 11) is 1.44. The third kappa shape index (κ3) is 3.74. The molecule has 7 nitrogen and oxygen atoms in total. The maximum Gasteiger partial charge on any atom is 0.352 e. The van der Waals surface area contributed by atoms with E-state index in [-0.39, 0.29) is 12.4 Å². The van der Waals surface area contributed by atoms with E-state index in [1.165, 1.54) is 7.05 Å². The van der Waals surface area contributed by atoms with Crippen molar-refractivity contribution in [1.29, 1.82) is 0 Å². The molecule has 2 amide bonds. The second kappa shape index (κ2) is 7.23. The van der Waals surface area contributed by atoms with Crippen LogP contribution in [0.1, 0.15) is 35.4 Å². The maximum atomic E-state index is 12.1. The van der Waals surface area contributed by atoms with Crippen molar-refractivity contribution in [3.63, 3.8) is 0 Å². The lowest BCUT2D eigenvalue weighted by molar-refractivity contribution is 0.216. The van der Waals surface area contributed by atoms with E-state index in [0.29, 0.717) is 11.6 Å². The van der Waals surface area contributed by atoms with Crippen LogP contribution < -0.4 is 21.4 Å². The number of ether oxygens (including phenoxy) is 1. The van der Waals surface area contributed by atoms with Crippen molar-refractivity contribution in [3.8, 4) is 11.5 Å². The third-order valence-electron chi connectivity index (χ3n) is 4.54. The average molecular weight is 356 g/mol. The lowest BCUT2D eigenvalue weighted by atomic mass is 10.1. The average Bonchev–Trinajstić information content (AvgIpc) is 3.45. The minimum absolute atomic E-state index is 0.237. The fourth-order valence-electron chi connectivity index (χ4n) is 2.90. The molecule has 0 radical (unpaired) electrons. The number of phenols is 1. The van der Waals surface area contributed by atoms with Crippen LogP contribution in [-0.2, 0) is 6.61 Å². The summed E-state index contributed by atoms with van der Waals surface area (Å²) in [4.78, 5) is 12.1. The number of rotatable bonds is 5. The van der Waals surface area contributed by atoms with E-state index >= 15 is 0 Å². The molecular weight excluding hydrogens is 332 g/mol. The lowest BCUT2D eigenvalue weighted by Gasteiger charge is -2.24. The first-order valence-electron chi connectivity index (χ1n) is 8.50. The van der Waals surface area contributed by atoms with Gasteiger partial charge in [0.1, 0.15) is 18.1 Å². The molecule has 7 heteroatoms. The zero-order chi connectivity index (χ0) is 18.8. The van der Waals surface area contributed by atoms with E-state index < -0.39 is 6.03 Å². The molecule has 1 saturated carbocycles. The van der Waals surface area contributed by atoms with E-state index in [1.54, 1.807) is 24.3 Å². The number of carbonyl (C=O) groups excluding carboxylic acids is 1. The number of aryl methyl sites for hydroxylation is 1. The minimum Gasteiger partial charge on any atom is -0.508 e. The predicted octanol–water partition coefficient (Wildman–Crippen LogP) is 2.76. The fourth-order valence-corrected chi connectivity index (χ4v) is 2.90. The first-order valence-corrected chi connectivity index (χ1v) is 8.50. The van der Waals surface area contributed by atoms with E-state index in [4.69, 9.17) is 16.4 Å². The molecule has 26 heavy (non-hydrogen) atoms. The quantitative estimate of drug-likeness (QED) is 0.434. The van der Waals surface area contributed by atoms with Crippen molar-refractivity contribution in [3.05, 3.63) is 53.1 Å². The van der Waals surface area contributed by atoms with Gasteiger partial charge in [0.2, 0.25) is 0 Å². The van der Waals surface area contributed by atoms with Gasteiger partial charge >= 0.3 is 6.03 Å². The van der Waals surface area contributed by atoms with Gasteiger partial charge in [0.05, 0.1) is 5.69 Å². The van der Waals surface area contributed by atoms with Gasteiger partial charge in [-0.25, -0.2) is 21.5 Å². The van der Waals surface area contributed by atoms with Gasteiger partial charge in [-0.05, 0) is 55.5 Å². The van der Waals surface area contributed by atoms with Crippen molar-refractivity contribution < 1.29 is 14.6 Å². The Balaban J connectivity index is 1.86. The van der Waals surface area contributed by atoms with Gasteiger partial charge in [-0.2, -0.15) is 0 Å². The van der Waals surface area contributed by atoms with Gasteiger partial charge in [-0.1, -0.05) is 12.1 Å². The Morgan fingerprint density at radius 3 is 2.65 bits per heavy atom. The second-order valence-corrected chi connectivity index (χ2v) is 6.62. The Hall–Kier alpha value is -2.77. The highest BCUT2D eigenvalue weighted by molar-refractivity contribution is 5.91. The van der Waals surface area contributed by atoms with Crippen molar-refractivity contribution >= 4 is 11.7 Å². The molecule has 2 aromatic rings. The summed E-state index contributed by atoms with van der Waals surface area (Å²) in [6, 6.07) is 10.1. The van der Waals surface area contributed by atoms with Gasteiger partial charge in [0.25, 0.3) is 0 Å². The Kier molecular flexibility index (Phi) is 5.01. The van der Waals surface area contributed by atoms with Crippen molar-refractivity contribution in [2.24, 2.45) is 11.7 Å². The van der Waals surface area contributed by atoms with E-state index in [9.17, 15) is 9.90 Å². The zero-order valence-electron chi connectivity index (χ0n) is 15.0. The van der Waals surface area contributed by atoms with Crippen LogP contribution in [0.3, 0.4) is 0 Å². The predicted molar refractivity (Wildman–Crippen MR) is 99.6 cm³/mol. The van der Waals surface area contributed by atoms with E-state index in [1.807, 2.05) is 19.1 Å². The summed E-state index contributed by atoms with van der Waals surface area (Å²) < 4.78 is 6.04. The van der Waals surface area contributed by atoms with Crippen LogP contribution in [0.5, 0.6) is 11.5 Å². The van der Waals surface area contributed by atoms with Crippen molar-refractivity contribution in [2.45, 2.75) is 32.3 Å². The number of phenolic OH excluding ortho intramolecular Hbond substituents is 1. The number of aromatic hydroxyl groups is 1. The summed E-state index contributed by atoms with van der Waals surface area (Å²) >= 11 is 0. The highest BCUT2D eigenvalue weighted by atomic mass is 16.5. The number of hydrogen-bond acceptors (Lipinski definition) is 5. The van der Waals surface area contributed by atoms with Crippen LogP contribution in [0.25, 0.3) is 0 Å². The standard InChI is InChI=1S/C19H24N4O3/c1-12-4-3-5-17(23(21)19(25)22(2)20)16(12)11-26-18-9-8-14(24)10-15(18)13-6-7-13/h3-5,8-10,13,24H,6-7,11,20-21H2,1-2H3. The Morgan fingerprint density at radius 1 is 1.27 bits per heavy atom. The number of carbonyl (C=O) groups is 1. The molecule has 0 atom stereocenters. The summed E-state index contributed by atoms with van der Waals surface area (Å²) in [6.45, 7) is 2.19. The number of hydrazine groups is 2. The molecule has 138 valence electrons. The first-order chi connectivity index (χ1) is 12.4. The number of nitrogens with two attached hydrogens (primary N) is 2. The van der Waals surface area contributed by atoms with Crippen LogP contribution in [0, 0.1) is 6.92 Å². The van der Waals surface area contributed by atoms with E-state index in [0.717, 1.165) is 45.3 Å². The Labute approximate surface area is 152 Å². The SMILES string of the molecule is Cc1cccc(N(N)C(=O)N(C)N)c1COc1ccc(O)cc1C1CC1. The number of urea groups is 1. The molecular formula is C19H24N4O3. The Morgan fingerprint density at radius 2 is 2.00 bits per heavy atom. The highest BCUT2D eigenvalue weighted by Crippen LogP contribution is 2.45. The van der Waals surface area contributed by atoms with Crippen LogP contribution in [0.15, 0.2) is 36.4 Å². The highest BCUT2D eigenvalue weighted by Gasteiger charge is 2.27. The molecule has 0 bridgehead atoms. The monoisotopic (exact) mass is 356 g/mol. The number of nitrogens with zero attached hydrogens (tertiary/aromatic N) is 2. The molecule has 2 aromatic carbocycles. The summed E-state index contributed by atoms with van der Waals surface area (Å²) in [5.41, 5.74) is 3.32. The molecule has 1 aliphatic carbocycles.